The summed E-state index contributed by atoms with van der Waals surface area (Å²) in [6.45, 7) is 5.74. The van der Waals surface area contributed by atoms with Crippen LogP contribution in [-0.2, 0) is 9.59 Å². The summed E-state index contributed by atoms with van der Waals surface area (Å²) in [6, 6.07) is -0.769. The number of ketones is 1. The molecule has 0 unspecified atom stereocenters. The zero-order valence-corrected chi connectivity index (χ0v) is 15.7. The van der Waals surface area contributed by atoms with E-state index in [9.17, 15) is 19.6 Å². The highest BCUT2D eigenvalue weighted by atomic mass is 16.5. The number of amides is 3. The Morgan fingerprint density at radius 3 is 2.44 bits per heavy atom. The van der Waals surface area contributed by atoms with Crippen LogP contribution < -0.4 is 10.6 Å². The van der Waals surface area contributed by atoms with Gasteiger partial charge >= 0.3 is 6.03 Å². The average Bonchev–Trinajstić information content (AvgIpc) is 3.08. The Balaban J connectivity index is 2.72. The third kappa shape index (κ3) is 7.42. The van der Waals surface area contributed by atoms with Crippen molar-refractivity contribution in [2.24, 2.45) is 11.8 Å². The first kappa shape index (κ1) is 21.4. The van der Waals surface area contributed by atoms with Gasteiger partial charge < -0.3 is 10.6 Å². The lowest BCUT2D eigenvalue weighted by Crippen LogP contribution is -2.53. The van der Waals surface area contributed by atoms with Crippen molar-refractivity contribution in [2.45, 2.75) is 77.8 Å². The van der Waals surface area contributed by atoms with Crippen molar-refractivity contribution in [3.63, 3.8) is 0 Å². The largest absolute Gasteiger partial charge is 0.335 e. The third-order valence-corrected chi connectivity index (χ3v) is 4.79. The van der Waals surface area contributed by atoms with Crippen LogP contribution in [-0.4, -0.2) is 47.1 Å². The van der Waals surface area contributed by atoms with E-state index in [4.69, 9.17) is 0 Å². The molecule has 1 rings (SSSR count). The zero-order chi connectivity index (χ0) is 18.8. The monoisotopic (exact) mass is 355 g/mol. The Bertz CT molecular complexity index is 436. The summed E-state index contributed by atoms with van der Waals surface area (Å²) in [6.07, 6.45) is 6.81. The summed E-state index contributed by atoms with van der Waals surface area (Å²) in [5.74, 6) is -0.699. The predicted molar refractivity (Wildman–Crippen MR) is 95.1 cm³/mol. The smallest absolute Gasteiger partial charge is 0.315 e. The lowest BCUT2D eigenvalue weighted by Gasteiger charge is -2.27. The van der Waals surface area contributed by atoms with Gasteiger partial charge in [-0.3, -0.25) is 14.8 Å². The molecule has 0 aromatic rings. The normalized spacial score (nSPS) is 17.2. The van der Waals surface area contributed by atoms with Gasteiger partial charge in [-0.05, 0) is 25.2 Å². The Kier molecular flexibility index (Phi) is 9.49. The molecule has 0 saturated heterocycles. The molecule has 144 valence electrons. The number of hydroxylamine groups is 2. The number of nitrogens with zero attached hydrogens (tertiary/aromatic N) is 1. The summed E-state index contributed by atoms with van der Waals surface area (Å²) in [4.78, 5) is 35.9. The van der Waals surface area contributed by atoms with E-state index >= 15 is 0 Å². The molecule has 0 radical (unpaired) electrons. The summed E-state index contributed by atoms with van der Waals surface area (Å²) >= 11 is 0. The van der Waals surface area contributed by atoms with E-state index in [-0.39, 0.29) is 30.3 Å². The number of hydrogen-bond acceptors (Lipinski definition) is 4. The molecule has 25 heavy (non-hydrogen) atoms. The second-order valence-corrected chi connectivity index (χ2v) is 7.29. The number of carbonyl (C=O) groups excluding carboxylic acids is 3. The Hall–Kier alpha value is -1.63. The van der Waals surface area contributed by atoms with E-state index in [0.29, 0.717) is 17.9 Å². The van der Waals surface area contributed by atoms with Crippen molar-refractivity contribution in [1.29, 1.82) is 0 Å². The Labute approximate surface area is 150 Å². The number of unbranched alkanes of at least 4 members (excludes halogenated alkanes) is 1. The van der Waals surface area contributed by atoms with Crippen LogP contribution in [0.5, 0.6) is 0 Å². The predicted octanol–water partition coefficient (Wildman–Crippen LogP) is 2.48. The van der Waals surface area contributed by atoms with Crippen LogP contribution >= 0.6 is 0 Å². The van der Waals surface area contributed by atoms with Crippen LogP contribution in [0.25, 0.3) is 0 Å². The molecule has 1 fully saturated rings. The first-order valence-corrected chi connectivity index (χ1v) is 9.40. The van der Waals surface area contributed by atoms with Crippen molar-refractivity contribution < 1.29 is 19.6 Å². The van der Waals surface area contributed by atoms with Crippen molar-refractivity contribution in [3.8, 4) is 0 Å². The molecule has 0 bridgehead atoms. The minimum Gasteiger partial charge on any atom is -0.335 e. The number of hydrogen-bond donors (Lipinski definition) is 3. The molecule has 0 aliphatic heterocycles. The van der Waals surface area contributed by atoms with Gasteiger partial charge in [-0.1, -0.05) is 46.5 Å². The van der Waals surface area contributed by atoms with Gasteiger partial charge in [-0.2, -0.15) is 0 Å². The second-order valence-electron chi connectivity index (χ2n) is 7.29. The summed E-state index contributed by atoms with van der Waals surface area (Å²) in [5.41, 5.74) is 0. The minimum atomic E-state index is -0.636. The van der Waals surface area contributed by atoms with Gasteiger partial charge in [-0.25, -0.2) is 9.86 Å². The van der Waals surface area contributed by atoms with Crippen molar-refractivity contribution in [3.05, 3.63) is 0 Å². The lowest BCUT2D eigenvalue weighted by molar-refractivity contribution is -0.154. The topological polar surface area (TPSA) is 98.7 Å². The average molecular weight is 355 g/mol. The second kappa shape index (κ2) is 11.1. The molecule has 1 saturated carbocycles. The molecule has 1 aliphatic rings. The number of nitrogens with one attached hydrogen (secondary N) is 2. The van der Waals surface area contributed by atoms with Gasteiger partial charge in [-0.15, -0.1) is 0 Å². The van der Waals surface area contributed by atoms with Crippen molar-refractivity contribution in [1.82, 2.24) is 15.7 Å². The molecule has 3 N–H and O–H groups in total. The standard InChI is InChI=1S/C18H33N3O4/c1-4-5-8-14(11-21(25)12-22)17(23)16(13(2)3)20-18(24)19-15-9-6-7-10-15/h12-16,25H,4-11H2,1-3H3,(H2,19,20,24)/t14-,16+/m1/s1. The Morgan fingerprint density at radius 1 is 1.28 bits per heavy atom. The Morgan fingerprint density at radius 2 is 1.92 bits per heavy atom. The summed E-state index contributed by atoms with van der Waals surface area (Å²) < 4.78 is 0. The van der Waals surface area contributed by atoms with Crippen LogP contribution in [0.15, 0.2) is 0 Å². The highest BCUT2D eigenvalue weighted by Crippen LogP contribution is 2.19. The molecular formula is C18H33N3O4. The zero-order valence-electron chi connectivity index (χ0n) is 15.7. The highest BCUT2D eigenvalue weighted by molar-refractivity contribution is 5.90. The molecule has 0 aromatic carbocycles. The van der Waals surface area contributed by atoms with E-state index in [1.807, 2.05) is 20.8 Å². The maximum atomic E-state index is 12.9. The fourth-order valence-electron chi connectivity index (χ4n) is 3.30. The summed E-state index contributed by atoms with van der Waals surface area (Å²) in [5, 5.41) is 15.7. The maximum absolute atomic E-state index is 12.9. The first-order valence-electron chi connectivity index (χ1n) is 9.40. The maximum Gasteiger partial charge on any atom is 0.315 e. The number of carbonyl (C=O) groups is 3. The molecule has 0 aromatic heterocycles. The van der Waals surface area contributed by atoms with E-state index in [1.165, 1.54) is 0 Å². The van der Waals surface area contributed by atoms with E-state index in [1.54, 1.807) is 0 Å². The molecule has 0 spiro atoms. The van der Waals surface area contributed by atoms with Crippen LogP contribution in [0.3, 0.4) is 0 Å². The molecule has 7 heteroatoms. The van der Waals surface area contributed by atoms with Gasteiger partial charge in [0.15, 0.2) is 5.78 Å². The number of rotatable bonds is 11. The lowest BCUT2D eigenvalue weighted by atomic mass is 9.87. The minimum absolute atomic E-state index is 0.0442. The van der Waals surface area contributed by atoms with Crippen LogP contribution in [0.1, 0.15) is 65.7 Å². The van der Waals surface area contributed by atoms with Gasteiger partial charge in [0, 0.05) is 12.0 Å². The first-order chi connectivity index (χ1) is 11.9. The van der Waals surface area contributed by atoms with Crippen molar-refractivity contribution in [2.75, 3.05) is 6.54 Å². The quantitative estimate of drug-likeness (QED) is 0.301. The van der Waals surface area contributed by atoms with Crippen LogP contribution in [0.4, 0.5) is 4.79 Å². The van der Waals surface area contributed by atoms with E-state index < -0.39 is 12.0 Å². The fourth-order valence-corrected chi connectivity index (χ4v) is 3.30. The number of Topliss-reactive ketones (excluding diaryl/α,β-unsaturated/α-hetero) is 1. The third-order valence-electron chi connectivity index (χ3n) is 4.79. The van der Waals surface area contributed by atoms with E-state index in [2.05, 4.69) is 10.6 Å². The van der Waals surface area contributed by atoms with Gasteiger partial charge in [0.05, 0.1) is 12.6 Å². The summed E-state index contributed by atoms with van der Waals surface area (Å²) in [7, 11) is 0. The van der Waals surface area contributed by atoms with Crippen LogP contribution in [0.2, 0.25) is 0 Å². The molecule has 3 amide bonds. The molecule has 7 nitrogen and oxygen atoms in total. The number of urea groups is 1. The molecule has 0 heterocycles. The van der Waals surface area contributed by atoms with Crippen LogP contribution in [0, 0.1) is 11.8 Å². The fraction of sp³-hybridized carbons (Fsp3) is 0.833. The van der Waals surface area contributed by atoms with Gasteiger partial charge in [0.1, 0.15) is 0 Å². The van der Waals surface area contributed by atoms with Crippen molar-refractivity contribution >= 4 is 18.2 Å². The SMILES string of the molecule is CCCC[C@H](CN(O)C=O)C(=O)[C@@H](NC(=O)NC1CCCC1)C(C)C. The molecular weight excluding hydrogens is 322 g/mol. The van der Waals surface area contributed by atoms with E-state index in [0.717, 1.165) is 38.5 Å². The molecule has 1 aliphatic carbocycles. The van der Waals surface area contributed by atoms with Gasteiger partial charge in [0.25, 0.3) is 0 Å². The molecule has 2 atom stereocenters. The highest BCUT2D eigenvalue weighted by Gasteiger charge is 2.31. The van der Waals surface area contributed by atoms with Gasteiger partial charge in [0.2, 0.25) is 6.41 Å².